The molecule has 6 unspecified atom stereocenters. The number of rotatable bonds is 25. The minimum Gasteiger partial charge on any atom is -0.444 e. The van der Waals surface area contributed by atoms with Crippen LogP contribution in [0.1, 0.15) is 84.8 Å². The third-order valence-electron chi connectivity index (χ3n) is 11.4. The van der Waals surface area contributed by atoms with E-state index in [2.05, 4.69) is 21.9 Å². The molecule has 5 amide bonds. The Kier molecular flexibility index (Phi) is 20.1. The Labute approximate surface area is 383 Å². The van der Waals surface area contributed by atoms with Gasteiger partial charge in [-0.3, -0.25) is 38.5 Å². The monoisotopic (exact) mass is 900 g/mol. The van der Waals surface area contributed by atoms with Crippen LogP contribution in [0.15, 0.2) is 60.7 Å². The maximum Gasteiger partial charge on any atom is 0.308 e. The number of hydrogen-bond donors (Lipinski definition) is 3. The number of hydrogen-bond acceptors (Lipinski definition) is 11. The lowest BCUT2D eigenvalue weighted by Crippen LogP contribution is -2.63. The van der Waals surface area contributed by atoms with Crippen LogP contribution in [0.3, 0.4) is 0 Å². The average Bonchev–Trinajstić information content (AvgIpc) is 4.04. The summed E-state index contributed by atoms with van der Waals surface area (Å²) in [4.78, 5) is 102. The highest BCUT2D eigenvalue weighted by Crippen LogP contribution is 2.30. The third kappa shape index (κ3) is 16.1. The number of benzene rings is 2. The van der Waals surface area contributed by atoms with Gasteiger partial charge in [-0.05, 0) is 55.6 Å². The van der Waals surface area contributed by atoms with Crippen molar-refractivity contribution in [1.29, 1.82) is 0 Å². The molecule has 0 aliphatic carbocycles. The van der Waals surface area contributed by atoms with Gasteiger partial charge < -0.3 is 40.0 Å². The van der Waals surface area contributed by atoms with Crippen LogP contribution in [-0.4, -0.2) is 139 Å². The summed E-state index contributed by atoms with van der Waals surface area (Å²) in [7, 11) is 1.51. The Morgan fingerprint density at radius 1 is 0.877 bits per heavy atom. The Balaban J connectivity index is 1.76. The molecule has 354 valence electrons. The van der Waals surface area contributed by atoms with Crippen LogP contribution in [-0.2, 0) is 60.6 Å². The molecule has 65 heavy (non-hydrogen) atoms. The lowest BCUT2D eigenvalue weighted by atomic mass is 9.93. The van der Waals surface area contributed by atoms with E-state index in [0.29, 0.717) is 19.4 Å². The van der Waals surface area contributed by atoms with Crippen molar-refractivity contribution in [3.63, 3.8) is 0 Å². The summed E-state index contributed by atoms with van der Waals surface area (Å²) in [6.45, 7) is 11.3. The van der Waals surface area contributed by atoms with Crippen molar-refractivity contribution < 1.29 is 47.8 Å². The zero-order valence-electron chi connectivity index (χ0n) is 39.0. The first kappa shape index (κ1) is 52.0. The number of morpholine rings is 1. The summed E-state index contributed by atoms with van der Waals surface area (Å²) >= 11 is 0. The number of aryl methyl sites for hydroxylation is 1. The molecular weight excluding hydrogens is 833 g/mol. The molecule has 6 atom stereocenters. The molecule has 2 aromatic rings. The summed E-state index contributed by atoms with van der Waals surface area (Å²) in [6.07, 6.45) is 4.88. The van der Waals surface area contributed by atoms with E-state index in [4.69, 9.17) is 20.6 Å². The number of esters is 1. The highest BCUT2D eigenvalue weighted by atomic mass is 16.6. The highest BCUT2D eigenvalue weighted by molar-refractivity contribution is 5.99. The number of Topliss-reactive ketones (excluding diaryl/α,β-unsaturated/α-hetero) is 1. The molecule has 2 aromatic carbocycles. The zero-order valence-corrected chi connectivity index (χ0v) is 39.0. The van der Waals surface area contributed by atoms with Gasteiger partial charge in [0.25, 0.3) is 0 Å². The number of terminal acetylenes is 1. The third-order valence-corrected chi connectivity index (χ3v) is 11.4. The highest BCUT2D eigenvalue weighted by Gasteiger charge is 2.50. The van der Waals surface area contributed by atoms with Gasteiger partial charge in [0.2, 0.25) is 29.5 Å². The van der Waals surface area contributed by atoms with E-state index in [0.717, 1.165) is 16.0 Å². The van der Waals surface area contributed by atoms with E-state index in [-0.39, 0.29) is 81.9 Å². The van der Waals surface area contributed by atoms with Gasteiger partial charge in [0.05, 0.1) is 32.2 Å². The van der Waals surface area contributed by atoms with Crippen LogP contribution in [0, 0.1) is 24.2 Å². The smallest absolute Gasteiger partial charge is 0.308 e. The maximum absolute atomic E-state index is 15.4. The molecule has 0 aromatic heterocycles. The Bertz CT molecular complexity index is 1960. The molecule has 4 rings (SSSR count). The van der Waals surface area contributed by atoms with Crippen LogP contribution >= 0.6 is 0 Å². The van der Waals surface area contributed by atoms with Crippen molar-refractivity contribution in [2.24, 2.45) is 11.8 Å². The second-order valence-corrected chi connectivity index (χ2v) is 17.9. The summed E-state index contributed by atoms with van der Waals surface area (Å²) in [5.41, 5.74) is 0.609. The first-order valence-electron chi connectivity index (χ1n) is 22.6. The summed E-state index contributed by atoms with van der Waals surface area (Å²) in [5, 5.41) is 9.04. The van der Waals surface area contributed by atoms with Gasteiger partial charge in [-0.1, -0.05) is 94.3 Å². The van der Waals surface area contributed by atoms with E-state index in [1.807, 2.05) is 76.2 Å². The molecule has 0 bridgehead atoms. The van der Waals surface area contributed by atoms with Gasteiger partial charge in [-0.2, -0.15) is 0 Å². The second-order valence-electron chi connectivity index (χ2n) is 17.9. The second kappa shape index (κ2) is 25.2. The van der Waals surface area contributed by atoms with Crippen LogP contribution < -0.4 is 16.0 Å². The first-order chi connectivity index (χ1) is 30.9. The SMILES string of the molecule is C#CCN(C)C(=O)CCC(=O)OCN(C(=O)C(CCc1ccccc1)N(C(C)=O)C1CNCCO1)C(CC(C)C)C(=O)NC(Cc1ccccc1)C(=O)NC(CC(C)C)C(=O)C1(C)CO1. The molecule has 3 N–H and O–H groups in total. The standard InChI is InChI=1S/C49H68N6O10/c1-9-25-53(8)42(57)22-23-44(58)64-32-54(48(62)40(21-20-36-16-12-10-13-17-36)55(35(6)56)43-30-50-24-26-63-43)41(28-34(4)5)47(61)52-39(29-37-18-14-11-15-19-37)46(60)51-38(27-33(2)3)45(59)49(7)31-65-49/h1,10-19,33-34,38-41,43,50H,20-32H2,2-8H3,(H,51,60)(H,52,61). The van der Waals surface area contributed by atoms with Crippen molar-refractivity contribution in [2.75, 3.05) is 46.6 Å². The van der Waals surface area contributed by atoms with Crippen LogP contribution in [0.2, 0.25) is 0 Å². The van der Waals surface area contributed by atoms with Gasteiger partial charge >= 0.3 is 5.97 Å². The van der Waals surface area contributed by atoms with Crippen LogP contribution in [0.5, 0.6) is 0 Å². The molecule has 2 saturated heterocycles. The number of epoxide rings is 1. The Morgan fingerprint density at radius 3 is 2.05 bits per heavy atom. The molecule has 16 heteroatoms. The molecule has 16 nitrogen and oxygen atoms in total. The Hall–Kier alpha value is -5.63. The number of nitrogens with zero attached hydrogens (tertiary/aromatic N) is 3. The van der Waals surface area contributed by atoms with Gasteiger partial charge in [-0.15, -0.1) is 6.42 Å². The van der Waals surface area contributed by atoms with E-state index in [1.165, 1.54) is 23.8 Å². The van der Waals surface area contributed by atoms with Gasteiger partial charge in [0, 0.05) is 39.9 Å². The molecule has 2 fully saturated rings. The van der Waals surface area contributed by atoms with Crippen LogP contribution in [0.4, 0.5) is 0 Å². The van der Waals surface area contributed by atoms with Crippen molar-refractivity contribution in [2.45, 2.75) is 122 Å². The van der Waals surface area contributed by atoms with E-state index < -0.39 is 72.3 Å². The normalized spacial score (nSPS) is 18.6. The fourth-order valence-electron chi connectivity index (χ4n) is 7.76. The summed E-state index contributed by atoms with van der Waals surface area (Å²) in [6, 6.07) is 13.8. The average molecular weight is 901 g/mol. The molecule has 0 saturated carbocycles. The quantitative estimate of drug-likeness (QED) is 0.0574. The topological polar surface area (TPSA) is 196 Å². The zero-order chi connectivity index (χ0) is 47.7. The lowest BCUT2D eigenvalue weighted by Gasteiger charge is -2.42. The van der Waals surface area contributed by atoms with Crippen LogP contribution in [0.25, 0.3) is 0 Å². The fourth-order valence-corrected chi connectivity index (χ4v) is 7.76. The molecule has 2 aliphatic rings. The predicted octanol–water partition coefficient (Wildman–Crippen LogP) is 3.01. The number of amides is 5. The van der Waals surface area contributed by atoms with Crippen molar-refractivity contribution in [3.05, 3.63) is 71.8 Å². The van der Waals surface area contributed by atoms with Gasteiger partial charge in [0.15, 0.2) is 12.5 Å². The van der Waals surface area contributed by atoms with E-state index in [9.17, 15) is 24.0 Å². The van der Waals surface area contributed by atoms with E-state index in [1.54, 1.807) is 19.1 Å². The largest absolute Gasteiger partial charge is 0.444 e. The first-order valence-corrected chi connectivity index (χ1v) is 22.6. The molecule has 2 heterocycles. The summed E-state index contributed by atoms with van der Waals surface area (Å²) in [5.74, 6) is -1.72. The van der Waals surface area contributed by atoms with Gasteiger partial charge in [-0.25, -0.2) is 0 Å². The number of ether oxygens (including phenoxy) is 3. The molecule has 0 radical (unpaired) electrons. The van der Waals surface area contributed by atoms with Gasteiger partial charge in [0.1, 0.15) is 30.0 Å². The van der Waals surface area contributed by atoms with E-state index >= 15 is 9.59 Å². The minimum absolute atomic E-state index is 0.0349. The van der Waals surface area contributed by atoms with Crippen molar-refractivity contribution >= 4 is 41.3 Å². The fraction of sp³-hybridized carbons (Fsp3) is 0.571. The lowest BCUT2D eigenvalue weighted by molar-refractivity contribution is -0.171. The minimum atomic E-state index is -1.34. The Morgan fingerprint density at radius 2 is 1.49 bits per heavy atom. The predicted molar refractivity (Wildman–Crippen MR) is 243 cm³/mol. The number of carbonyl (C=O) groups is 7. The van der Waals surface area contributed by atoms with Crippen molar-refractivity contribution in [3.8, 4) is 12.3 Å². The number of ketones is 1. The molecular formula is C49H68N6O10. The summed E-state index contributed by atoms with van der Waals surface area (Å²) < 4.78 is 17.2. The number of nitrogens with one attached hydrogen (secondary N) is 3. The maximum atomic E-state index is 15.4. The van der Waals surface area contributed by atoms with Crippen molar-refractivity contribution in [1.82, 2.24) is 30.7 Å². The molecule has 0 spiro atoms. The number of carbonyl (C=O) groups excluding carboxylic acids is 7. The molecule has 2 aliphatic heterocycles.